The number of carboxylic acid groups (broad SMARTS) is 1. The Morgan fingerprint density at radius 3 is 1.77 bits per heavy atom. The number of nitrogens with one attached hydrogen (secondary N) is 3. The number of amides is 3. The SMILES string of the molecule is CCC[C@@H](O)CC(=O)NC1[C@@H](OCCNC(=O)CCc2cn(CCO[C@@H]3OC(CO)[C@@H](O[C@@H]4OC(CO)[C@H](O)C(O[C@]5(C(=O)O)C[C@@H](O)CC([C@H](O)[C@H](O)CO)O5)[C@@H]4O)C(O)[C@@H]3O)nn2)OC(CO[C@@H]2OC(CO)[C@@H](OP(=O)(O)O)C(OC(=O)C[C@@H](CC)OC(=O)CC)[C@@H]2NC(=O)C[C@@H](CC)OC(=O)CC)[C@@H](O)[C@@H]1OC(=O)C[C@H](O)CC. The van der Waals surface area contributed by atoms with Crippen LogP contribution < -0.4 is 16.0 Å². The first-order chi connectivity index (χ1) is 55.4. The lowest BCUT2D eigenvalue weighted by molar-refractivity contribution is -0.385. The summed E-state index contributed by atoms with van der Waals surface area (Å²) >= 11 is 0. The second-order valence-electron chi connectivity index (χ2n) is 28.5. The van der Waals surface area contributed by atoms with E-state index in [0.717, 1.165) is 0 Å². The van der Waals surface area contributed by atoms with Gasteiger partial charge < -0.3 is 169 Å². The second-order valence-corrected chi connectivity index (χ2v) is 29.7. The molecule has 47 nitrogen and oxygen atoms in total. The van der Waals surface area contributed by atoms with Crippen LogP contribution in [0.1, 0.15) is 137 Å². The zero-order valence-electron chi connectivity index (χ0n) is 65.4. The van der Waals surface area contributed by atoms with E-state index < -0.39 is 311 Å². The fourth-order valence-corrected chi connectivity index (χ4v) is 13.8. The molecule has 9 unspecified atom stereocenters. The molecule has 1 aromatic rings. The van der Waals surface area contributed by atoms with Crippen molar-refractivity contribution in [3.05, 3.63) is 11.9 Å². The normalized spacial score (nSPS) is 32.4. The lowest BCUT2D eigenvalue weighted by Crippen LogP contribution is -2.68. The Hall–Kier alpha value is -5.95. The zero-order valence-corrected chi connectivity index (χ0v) is 66.3. The Morgan fingerprint density at radius 2 is 1.17 bits per heavy atom. The molecule has 5 saturated heterocycles. The highest BCUT2D eigenvalue weighted by atomic mass is 31.2. The van der Waals surface area contributed by atoms with Crippen LogP contribution in [-0.4, -0.2) is 379 Å². The number of aliphatic hydroxyl groups excluding tert-OH is 14. The topological polar surface area (TPSA) is 703 Å². The number of aliphatic carboxylic acids is 1. The van der Waals surface area contributed by atoms with E-state index in [1.807, 2.05) is 0 Å². The molecule has 48 heteroatoms. The van der Waals surface area contributed by atoms with Crippen molar-refractivity contribution in [3.63, 3.8) is 0 Å². The molecule has 5 aliphatic rings. The number of phosphoric ester groups is 1. The van der Waals surface area contributed by atoms with Crippen molar-refractivity contribution in [3.8, 4) is 0 Å². The molecule has 0 aliphatic carbocycles. The Balaban J connectivity index is 1.14. The van der Waals surface area contributed by atoms with Gasteiger partial charge in [0, 0.05) is 51.3 Å². The summed E-state index contributed by atoms with van der Waals surface area (Å²) in [6.45, 7) is 3.16. The number of ether oxygens (including phenoxy) is 14. The molecule has 0 radical (unpaired) electrons. The summed E-state index contributed by atoms with van der Waals surface area (Å²) in [5, 5.41) is 177. The molecule has 5 aliphatic heterocycles. The van der Waals surface area contributed by atoms with Crippen LogP contribution >= 0.6 is 7.82 Å². The Kier molecular flexibility index (Phi) is 41.0. The quantitative estimate of drug-likeness (QED) is 0.0125. The summed E-state index contributed by atoms with van der Waals surface area (Å²) in [7, 11) is -5.64. The van der Waals surface area contributed by atoms with Crippen LogP contribution in [0.15, 0.2) is 6.20 Å². The summed E-state index contributed by atoms with van der Waals surface area (Å²) < 4.78 is 99.8. The third-order valence-electron chi connectivity index (χ3n) is 19.6. The number of aliphatic hydroxyl groups is 14. The number of hydrogen-bond donors (Lipinski definition) is 20. The van der Waals surface area contributed by atoms with Gasteiger partial charge in [-0.15, -0.1) is 5.10 Å². The number of esters is 4. The average molecular weight is 1720 g/mol. The van der Waals surface area contributed by atoms with Gasteiger partial charge in [-0.3, -0.25) is 38.1 Å². The fraction of sp³-hybridized carbons (Fsp3) is 0.855. The first-order valence-corrected chi connectivity index (χ1v) is 40.2. The van der Waals surface area contributed by atoms with E-state index in [0.29, 0.717) is 6.42 Å². The minimum absolute atomic E-state index is 0.0343. The predicted molar refractivity (Wildman–Crippen MR) is 382 cm³/mol. The number of carbonyl (C=O) groups is 8. The molecule has 5 fully saturated rings. The summed E-state index contributed by atoms with van der Waals surface area (Å²) in [6, 6.07) is -3.59. The molecule has 6 heterocycles. The van der Waals surface area contributed by atoms with Crippen molar-refractivity contribution in [1.82, 2.24) is 30.9 Å². The van der Waals surface area contributed by atoms with Crippen molar-refractivity contribution in [2.45, 2.75) is 322 Å². The number of aryl methyl sites for hydroxylation is 1. The second kappa shape index (κ2) is 48.0. The Labute approximate surface area is 670 Å². The standard InChI is InChI=1S/C69H115N6O41P/c1-7-13-34(81)21-45(85)71-51-61(111-49(89)22-33(80)8-2)55(93)43(31-104-65-52(72-46(86)23-36(9-3)105-47(87)11-5)62(60(42(30-79)108-65)116-117(99,100)101)112-50(90)24-37(10-4)106-48(88)12-6)110-64(51)102-18-16-70-44(84)15-14-32-26-75(74-73-32)17-19-103-66-57(95)56(94)59(41(29-78)109-66)113-67-58(96)63(54(92)40(28-77)107-67)115-69(68(97)98)25-35(82)20-39(114-69)53(91)38(83)27-76/h26,33-43,51-67,76-83,91-96H,7-25,27-31H2,1-6H3,(H,70,84)(H,71,85)(H,72,86)(H,97,98)(H2,99,100,101)/t33-,34-,35+,36-,37-,38-,39?,40?,41?,42?,43?,51?,52+,53-,54+,55-,56?,57+,58+,59-,60-,61-,62?,63?,64+,65-,66-,67+,69+/m1/s1. The van der Waals surface area contributed by atoms with Crippen molar-refractivity contribution in [2.75, 3.05) is 52.8 Å². The van der Waals surface area contributed by atoms with E-state index in [1.165, 1.54) is 24.7 Å². The Bertz CT molecular complexity index is 3310. The first-order valence-electron chi connectivity index (χ1n) is 38.6. The smallest absolute Gasteiger partial charge is 0.470 e. The summed E-state index contributed by atoms with van der Waals surface area (Å²) in [6.07, 6.45) is -48.7. The van der Waals surface area contributed by atoms with Crippen LogP contribution in [0.4, 0.5) is 0 Å². The van der Waals surface area contributed by atoms with Crippen molar-refractivity contribution >= 4 is 55.4 Å². The van der Waals surface area contributed by atoms with Gasteiger partial charge in [0.1, 0.15) is 110 Å². The summed E-state index contributed by atoms with van der Waals surface area (Å²) in [4.78, 5) is 126. The lowest BCUT2D eigenvalue weighted by Gasteiger charge is -2.49. The van der Waals surface area contributed by atoms with Gasteiger partial charge in [-0.05, 0) is 25.7 Å². The van der Waals surface area contributed by atoms with E-state index in [1.54, 1.807) is 27.7 Å². The summed E-state index contributed by atoms with van der Waals surface area (Å²) in [5.41, 5.74) is 0.267. The molecule has 672 valence electrons. The van der Waals surface area contributed by atoms with Crippen molar-refractivity contribution in [1.29, 1.82) is 0 Å². The molecule has 3 amide bonds. The van der Waals surface area contributed by atoms with E-state index in [9.17, 15) is 129 Å². The molecule has 0 spiro atoms. The van der Waals surface area contributed by atoms with Crippen LogP contribution in [-0.2, 0) is 127 Å². The maximum Gasteiger partial charge on any atom is 0.470 e. The van der Waals surface area contributed by atoms with E-state index in [-0.39, 0.29) is 76.8 Å². The average Bonchev–Trinajstić information content (AvgIpc) is 0.793. The number of phosphoric acid groups is 1. The predicted octanol–water partition coefficient (Wildman–Crippen LogP) is -7.91. The van der Waals surface area contributed by atoms with Crippen molar-refractivity contribution < 1.29 is 200 Å². The molecule has 0 aromatic carbocycles. The van der Waals surface area contributed by atoms with Gasteiger partial charge in [0.25, 0.3) is 5.79 Å². The molecule has 1 aromatic heterocycles. The highest BCUT2D eigenvalue weighted by Gasteiger charge is 2.59. The number of hydrogen-bond acceptors (Lipinski definition) is 40. The maximum absolute atomic E-state index is 14.1. The van der Waals surface area contributed by atoms with E-state index >= 15 is 0 Å². The molecular weight excluding hydrogens is 1600 g/mol. The van der Waals surface area contributed by atoms with E-state index in [2.05, 4.69) is 26.3 Å². The third-order valence-corrected chi connectivity index (χ3v) is 20.1. The number of carboxylic acids is 1. The third kappa shape index (κ3) is 29.4. The minimum atomic E-state index is -5.64. The fourth-order valence-electron chi connectivity index (χ4n) is 13.2. The van der Waals surface area contributed by atoms with Crippen LogP contribution in [0, 0.1) is 0 Å². The molecule has 6 rings (SSSR count). The number of rotatable bonds is 48. The van der Waals surface area contributed by atoms with Gasteiger partial charge in [-0.2, -0.15) is 0 Å². The number of carbonyl (C=O) groups excluding carboxylic acids is 7. The van der Waals surface area contributed by atoms with Gasteiger partial charge in [-0.1, -0.05) is 53.2 Å². The van der Waals surface area contributed by atoms with E-state index in [4.69, 9.17) is 70.8 Å². The number of nitrogens with zero attached hydrogens (tertiary/aromatic N) is 3. The first kappa shape index (κ1) is 99.9. The van der Waals surface area contributed by atoms with Crippen LogP contribution in [0.3, 0.4) is 0 Å². The van der Waals surface area contributed by atoms with Gasteiger partial charge in [-0.25, -0.2) is 14.0 Å². The van der Waals surface area contributed by atoms with Crippen LogP contribution in [0.5, 0.6) is 0 Å². The maximum atomic E-state index is 14.1. The van der Waals surface area contributed by atoms with Crippen LogP contribution in [0.25, 0.3) is 0 Å². The van der Waals surface area contributed by atoms with Gasteiger partial charge in [0.05, 0.1) is 109 Å². The lowest BCUT2D eigenvalue weighted by atomic mass is 9.92. The highest BCUT2D eigenvalue weighted by Crippen LogP contribution is 2.44. The summed E-state index contributed by atoms with van der Waals surface area (Å²) in [5.74, 6) is -11.0. The van der Waals surface area contributed by atoms with Gasteiger partial charge >= 0.3 is 37.7 Å². The highest BCUT2D eigenvalue weighted by molar-refractivity contribution is 7.46. The molecule has 0 bridgehead atoms. The molecule has 20 N–H and O–H groups in total. The molecule has 29 atom stereocenters. The Morgan fingerprint density at radius 1 is 0.607 bits per heavy atom. The monoisotopic (exact) mass is 1710 g/mol. The molecule has 117 heavy (non-hydrogen) atoms. The molecular formula is C69H115N6O41P. The largest absolute Gasteiger partial charge is 0.477 e. The van der Waals surface area contributed by atoms with Gasteiger partial charge in [0.15, 0.2) is 37.4 Å². The van der Waals surface area contributed by atoms with Crippen LogP contribution in [0.2, 0.25) is 0 Å². The minimum Gasteiger partial charge on any atom is -0.477 e. The molecule has 0 saturated carbocycles. The zero-order chi connectivity index (χ0) is 86.8. The van der Waals surface area contributed by atoms with Gasteiger partial charge in [0.2, 0.25) is 17.7 Å². The van der Waals surface area contributed by atoms with Crippen molar-refractivity contribution in [2.24, 2.45) is 0 Å². The number of aromatic nitrogens is 3.